The van der Waals surface area contributed by atoms with Gasteiger partial charge in [0.05, 0.1) is 0 Å². The second kappa shape index (κ2) is 5.42. The van der Waals surface area contributed by atoms with Gasteiger partial charge in [0, 0.05) is 37.7 Å². The molecule has 21 heavy (non-hydrogen) atoms. The van der Waals surface area contributed by atoms with E-state index in [0.29, 0.717) is 13.0 Å². The number of halogens is 2. The molecule has 0 spiro atoms. The molecule has 1 unspecified atom stereocenters. The van der Waals surface area contributed by atoms with Crippen molar-refractivity contribution in [2.45, 2.75) is 31.8 Å². The fourth-order valence-corrected chi connectivity index (χ4v) is 3.03. The monoisotopic (exact) mass is 294 g/mol. The van der Waals surface area contributed by atoms with Gasteiger partial charge in [0.15, 0.2) is 0 Å². The van der Waals surface area contributed by atoms with Crippen molar-refractivity contribution in [2.24, 2.45) is 0 Å². The SMILES string of the molecule is O=C1C2CCCN2C(=O)CCN1Cc1ccc(F)cc1F. The van der Waals surface area contributed by atoms with E-state index in [1.54, 1.807) is 4.90 Å². The van der Waals surface area contributed by atoms with Crippen LogP contribution in [0.25, 0.3) is 0 Å². The lowest BCUT2D eigenvalue weighted by Gasteiger charge is -2.25. The van der Waals surface area contributed by atoms with Crippen LogP contribution in [0.5, 0.6) is 0 Å². The van der Waals surface area contributed by atoms with Crippen molar-refractivity contribution in [3.63, 3.8) is 0 Å². The first-order valence-electron chi connectivity index (χ1n) is 7.08. The van der Waals surface area contributed by atoms with Gasteiger partial charge in [0.25, 0.3) is 0 Å². The summed E-state index contributed by atoms with van der Waals surface area (Å²) in [5.41, 5.74) is 0.267. The lowest BCUT2D eigenvalue weighted by atomic mass is 10.1. The van der Waals surface area contributed by atoms with Gasteiger partial charge in [0.1, 0.15) is 17.7 Å². The van der Waals surface area contributed by atoms with E-state index < -0.39 is 17.7 Å². The Kier molecular flexibility index (Phi) is 3.61. The number of hydrogen-bond donors (Lipinski definition) is 0. The molecule has 2 amide bonds. The number of carbonyl (C=O) groups excluding carboxylic acids is 2. The fourth-order valence-electron chi connectivity index (χ4n) is 3.03. The summed E-state index contributed by atoms with van der Waals surface area (Å²) in [5, 5.41) is 0. The van der Waals surface area contributed by atoms with Crippen molar-refractivity contribution in [1.82, 2.24) is 9.80 Å². The van der Waals surface area contributed by atoms with Crippen molar-refractivity contribution >= 4 is 11.8 Å². The molecule has 4 nitrogen and oxygen atoms in total. The molecule has 1 aromatic carbocycles. The van der Waals surface area contributed by atoms with Crippen LogP contribution in [0.3, 0.4) is 0 Å². The molecule has 0 saturated carbocycles. The second-order valence-electron chi connectivity index (χ2n) is 5.49. The molecular formula is C15H16F2N2O2. The number of fused-ring (bicyclic) bond motifs is 1. The predicted molar refractivity (Wildman–Crippen MR) is 71.1 cm³/mol. The van der Waals surface area contributed by atoms with E-state index in [1.807, 2.05) is 0 Å². The van der Waals surface area contributed by atoms with Gasteiger partial charge in [-0.15, -0.1) is 0 Å². The number of amides is 2. The van der Waals surface area contributed by atoms with Crippen LogP contribution in [-0.4, -0.2) is 40.7 Å². The molecule has 1 atom stereocenters. The first-order valence-corrected chi connectivity index (χ1v) is 7.08. The highest BCUT2D eigenvalue weighted by Crippen LogP contribution is 2.24. The molecule has 2 aliphatic heterocycles. The zero-order chi connectivity index (χ0) is 15.0. The van der Waals surface area contributed by atoms with Gasteiger partial charge in [0.2, 0.25) is 11.8 Å². The highest BCUT2D eigenvalue weighted by Gasteiger charge is 2.39. The topological polar surface area (TPSA) is 40.6 Å². The number of nitrogens with zero attached hydrogens (tertiary/aromatic N) is 2. The Morgan fingerprint density at radius 2 is 2.00 bits per heavy atom. The van der Waals surface area contributed by atoms with Gasteiger partial charge >= 0.3 is 0 Å². The van der Waals surface area contributed by atoms with Crippen molar-refractivity contribution in [3.05, 3.63) is 35.4 Å². The van der Waals surface area contributed by atoms with Crippen molar-refractivity contribution < 1.29 is 18.4 Å². The molecule has 0 radical (unpaired) electrons. The van der Waals surface area contributed by atoms with Crippen LogP contribution in [0.15, 0.2) is 18.2 Å². The Balaban J connectivity index is 1.81. The van der Waals surface area contributed by atoms with Crippen molar-refractivity contribution in [1.29, 1.82) is 0 Å². The van der Waals surface area contributed by atoms with Crippen molar-refractivity contribution in [3.8, 4) is 0 Å². The highest BCUT2D eigenvalue weighted by atomic mass is 19.1. The summed E-state index contributed by atoms with van der Waals surface area (Å²) in [6, 6.07) is 2.92. The number of hydrogen-bond acceptors (Lipinski definition) is 2. The zero-order valence-electron chi connectivity index (χ0n) is 11.5. The van der Waals surface area contributed by atoms with E-state index in [0.717, 1.165) is 12.5 Å². The minimum Gasteiger partial charge on any atom is -0.336 e. The highest BCUT2D eigenvalue weighted by molar-refractivity contribution is 5.90. The van der Waals surface area contributed by atoms with Gasteiger partial charge in [-0.05, 0) is 18.9 Å². The van der Waals surface area contributed by atoms with E-state index in [-0.39, 0.29) is 36.9 Å². The molecule has 6 heteroatoms. The first kappa shape index (κ1) is 14.0. The van der Waals surface area contributed by atoms with E-state index >= 15 is 0 Å². The maximum atomic E-state index is 13.7. The molecule has 112 valence electrons. The summed E-state index contributed by atoms with van der Waals surface area (Å²) in [7, 11) is 0. The molecule has 3 rings (SSSR count). The van der Waals surface area contributed by atoms with Crippen LogP contribution in [0.1, 0.15) is 24.8 Å². The molecule has 1 aromatic rings. The quantitative estimate of drug-likeness (QED) is 0.833. The average molecular weight is 294 g/mol. The normalized spacial score (nSPS) is 22.5. The van der Waals surface area contributed by atoms with Crippen LogP contribution in [0.2, 0.25) is 0 Å². The Bertz CT molecular complexity index is 591. The number of benzene rings is 1. The molecular weight excluding hydrogens is 278 g/mol. The second-order valence-corrected chi connectivity index (χ2v) is 5.49. The molecule has 2 fully saturated rings. The third kappa shape index (κ3) is 2.62. The fraction of sp³-hybridized carbons (Fsp3) is 0.467. The van der Waals surface area contributed by atoms with E-state index in [2.05, 4.69) is 0 Å². The number of carbonyl (C=O) groups is 2. The molecule has 0 N–H and O–H groups in total. The standard InChI is InChI=1S/C15H16F2N2O2/c16-11-4-3-10(12(17)8-11)9-18-7-5-14(20)19-6-1-2-13(19)15(18)21/h3-4,8,13H,1-2,5-7,9H2. The van der Waals surface area contributed by atoms with E-state index in [1.165, 1.54) is 17.0 Å². The average Bonchev–Trinajstić information content (AvgIpc) is 2.90. The Morgan fingerprint density at radius 1 is 1.19 bits per heavy atom. The predicted octanol–water partition coefficient (Wildman–Crippen LogP) is 1.69. The van der Waals surface area contributed by atoms with Gasteiger partial charge < -0.3 is 9.80 Å². The van der Waals surface area contributed by atoms with Crippen LogP contribution < -0.4 is 0 Å². The van der Waals surface area contributed by atoms with E-state index in [4.69, 9.17) is 0 Å². The van der Waals surface area contributed by atoms with E-state index in [9.17, 15) is 18.4 Å². The molecule has 2 heterocycles. The minimum atomic E-state index is -0.665. The first-order chi connectivity index (χ1) is 10.1. The minimum absolute atomic E-state index is 0.0204. The molecule has 0 aliphatic carbocycles. The van der Waals surface area contributed by atoms with Crippen LogP contribution in [0.4, 0.5) is 8.78 Å². The molecule has 0 bridgehead atoms. The Morgan fingerprint density at radius 3 is 2.76 bits per heavy atom. The number of rotatable bonds is 2. The lowest BCUT2D eigenvalue weighted by molar-refractivity contribution is -0.139. The zero-order valence-corrected chi connectivity index (χ0v) is 11.5. The van der Waals surface area contributed by atoms with Gasteiger partial charge in [-0.2, -0.15) is 0 Å². The maximum Gasteiger partial charge on any atom is 0.245 e. The van der Waals surface area contributed by atoms with Crippen LogP contribution >= 0.6 is 0 Å². The third-order valence-corrected chi connectivity index (χ3v) is 4.14. The summed E-state index contributed by atoms with van der Waals surface area (Å²) in [5.74, 6) is -1.47. The third-order valence-electron chi connectivity index (χ3n) is 4.14. The van der Waals surface area contributed by atoms with Crippen molar-refractivity contribution in [2.75, 3.05) is 13.1 Å². The summed E-state index contributed by atoms with van der Waals surface area (Å²) < 4.78 is 26.6. The largest absolute Gasteiger partial charge is 0.336 e. The molecule has 0 aromatic heterocycles. The van der Waals surface area contributed by atoms with Crippen LogP contribution in [0, 0.1) is 11.6 Å². The summed E-state index contributed by atoms with van der Waals surface area (Å²) in [6.45, 7) is 0.970. The van der Waals surface area contributed by atoms with Gasteiger partial charge in [-0.3, -0.25) is 9.59 Å². The Hall–Kier alpha value is -1.98. The lowest BCUT2D eigenvalue weighted by Crippen LogP contribution is -2.43. The summed E-state index contributed by atoms with van der Waals surface area (Å²) in [6.07, 6.45) is 1.74. The molecule has 2 saturated heterocycles. The van der Waals surface area contributed by atoms with Gasteiger partial charge in [-0.1, -0.05) is 6.07 Å². The molecule has 2 aliphatic rings. The maximum absolute atomic E-state index is 13.7. The Labute approximate surface area is 121 Å². The van der Waals surface area contributed by atoms with Gasteiger partial charge in [-0.25, -0.2) is 8.78 Å². The summed E-state index contributed by atoms with van der Waals surface area (Å²) >= 11 is 0. The smallest absolute Gasteiger partial charge is 0.245 e. The summed E-state index contributed by atoms with van der Waals surface area (Å²) in [4.78, 5) is 27.6. The van der Waals surface area contributed by atoms with Crippen LogP contribution in [-0.2, 0) is 16.1 Å².